The number of alkyl carbamates (subject to hydrolysis) is 2. The summed E-state index contributed by atoms with van der Waals surface area (Å²) >= 11 is 0. The molecule has 0 aromatic carbocycles. The largest absolute Gasteiger partial charge is 0.447 e. The van der Waals surface area contributed by atoms with Gasteiger partial charge in [0.2, 0.25) is 11.8 Å². The first-order valence-corrected chi connectivity index (χ1v) is 14.3. The summed E-state index contributed by atoms with van der Waals surface area (Å²) in [6, 6.07) is -0.941. The Kier molecular flexibility index (Phi) is 21.4. The van der Waals surface area contributed by atoms with Crippen LogP contribution < -0.4 is 21.3 Å². The summed E-state index contributed by atoms with van der Waals surface area (Å²) in [5.41, 5.74) is 0. The Morgan fingerprint density at radius 3 is 1.89 bits per heavy atom. The molecule has 0 saturated heterocycles. The zero-order chi connectivity index (χ0) is 32.4. The van der Waals surface area contributed by atoms with Crippen molar-refractivity contribution in [2.45, 2.75) is 31.7 Å². The first kappa shape index (κ1) is 38.2. The van der Waals surface area contributed by atoms with Crippen molar-refractivity contribution >= 4 is 35.8 Å². The molecule has 1 aliphatic rings. The maximum absolute atomic E-state index is 12.8. The van der Waals surface area contributed by atoms with Gasteiger partial charge in [0.1, 0.15) is 19.3 Å². The van der Waals surface area contributed by atoms with Gasteiger partial charge in [-0.15, -0.1) is 0 Å². The van der Waals surface area contributed by atoms with E-state index in [9.17, 15) is 28.8 Å². The summed E-state index contributed by atoms with van der Waals surface area (Å²) < 4.78 is 30.2. The average Bonchev–Trinajstić information content (AvgIpc) is 3.33. The molecule has 0 fully saturated rings. The molecule has 0 aromatic heterocycles. The van der Waals surface area contributed by atoms with Crippen molar-refractivity contribution in [3.63, 3.8) is 0 Å². The molecule has 6 amide bonds. The van der Waals surface area contributed by atoms with Gasteiger partial charge in [-0.3, -0.25) is 24.1 Å². The van der Waals surface area contributed by atoms with Crippen LogP contribution in [0.3, 0.4) is 0 Å². The van der Waals surface area contributed by atoms with Crippen LogP contribution in [0.4, 0.5) is 9.59 Å². The lowest BCUT2D eigenvalue weighted by Crippen LogP contribution is -2.48. The zero-order valence-corrected chi connectivity index (χ0v) is 25.4. The quantitative estimate of drug-likeness (QED) is 0.0696. The van der Waals surface area contributed by atoms with Crippen molar-refractivity contribution < 1.29 is 57.2 Å². The molecule has 17 nitrogen and oxygen atoms in total. The van der Waals surface area contributed by atoms with Crippen LogP contribution in [0.2, 0.25) is 0 Å². The summed E-state index contributed by atoms with van der Waals surface area (Å²) in [5.74, 6) is -1.84. The van der Waals surface area contributed by atoms with Crippen LogP contribution in [-0.4, -0.2) is 140 Å². The number of methoxy groups -OCH3 is 2. The summed E-state index contributed by atoms with van der Waals surface area (Å²) in [7, 11) is 3.10. The fourth-order valence-electron chi connectivity index (χ4n) is 3.51. The summed E-state index contributed by atoms with van der Waals surface area (Å²) in [5, 5.41) is 10.4. The van der Waals surface area contributed by atoms with E-state index in [0.29, 0.717) is 39.3 Å². The topological polar surface area (TPSA) is 209 Å². The molecule has 0 aliphatic carbocycles. The number of carbonyl (C=O) groups excluding carboxylic acids is 6. The van der Waals surface area contributed by atoms with Crippen LogP contribution in [-0.2, 0) is 47.6 Å². The Balaban J connectivity index is 2.38. The van der Waals surface area contributed by atoms with Crippen molar-refractivity contribution in [3.05, 3.63) is 12.2 Å². The van der Waals surface area contributed by atoms with Gasteiger partial charge < -0.3 is 49.7 Å². The molecule has 17 heteroatoms. The lowest BCUT2D eigenvalue weighted by atomic mass is 10.1. The molecule has 0 radical (unpaired) electrons. The van der Waals surface area contributed by atoms with Crippen molar-refractivity contribution in [1.82, 2.24) is 26.2 Å². The second-order valence-electron chi connectivity index (χ2n) is 9.15. The van der Waals surface area contributed by atoms with Gasteiger partial charge >= 0.3 is 12.2 Å². The van der Waals surface area contributed by atoms with Crippen molar-refractivity contribution in [2.75, 3.05) is 93.3 Å². The van der Waals surface area contributed by atoms with Crippen LogP contribution in [0.25, 0.3) is 0 Å². The Labute approximate surface area is 256 Å². The van der Waals surface area contributed by atoms with Crippen molar-refractivity contribution in [1.29, 1.82) is 0 Å². The zero-order valence-electron chi connectivity index (χ0n) is 25.4. The van der Waals surface area contributed by atoms with Gasteiger partial charge in [0, 0.05) is 59.0 Å². The third kappa shape index (κ3) is 18.7. The monoisotopic (exact) mass is 631 g/mol. The number of unbranched alkanes of at least 4 members (excludes halogenated alkanes) is 1. The fraction of sp³-hybridized carbons (Fsp3) is 0.704. The molecule has 1 rings (SSSR count). The van der Waals surface area contributed by atoms with Crippen LogP contribution in [0.5, 0.6) is 0 Å². The number of rotatable bonds is 25. The summed E-state index contributed by atoms with van der Waals surface area (Å²) in [4.78, 5) is 72.9. The number of hydrogen-bond acceptors (Lipinski definition) is 12. The molecule has 1 heterocycles. The van der Waals surface area contributed by atoms with E-state index in [0.717, 1.165) is 17.1 Å². The van der Waals surface area contributed by atoms with Gasteiger partial charge in [0.05, 0.1) is 39.6 Å². The highest BCUT2D eigenvalue weighted by molar-refractivity contribution is 6.13. The molecule has 0 aromatic rings. The van der Waals surface area contributed by atoms with Crippen molar-refractivity contribution in [3.8, 4) is 0 Å². The number of hydrogen-bond donors (Lipinski definition) is 4. The number of nitrogens with zero attached hydrogens (tertiary/aromatic N) is 1. The van der Waals surface area contributed by atoms with E-state index in [1.807, 2.05) is 0 Å². The van der Waals surface area contributed by atoms with E-state index in [-0.39, 0.29) is 65.4 Å². The van der Waals surface area contributed by atoms with Gasteiger partial charge in [-0.2, -0.15) is 0 Å². The number of nitrogens with one attached hydrogen (secondary N) is 4. The molecule has 44 heavy (non-hydrogen) atoms. The minimum atomic E-state index is -0.941. The minimum absolute atomic E-state index is 0.0238. The molecule has 1 atom stereocenters. The first-order chi connectivity index (χ1) is 21.3. The number of carbonyl (C=O) groups is 6. The lowest BCUT2D eigenvalue weighted by Gasteiger charge is -2.19. The van der Waals surface area contributed by atoms with E-state index >= 15 is 0 Å². The maximum atomic E-state index is 12.8. The molecule has 4 N–H and O–H groups in total. The minimum Gasteiger partial charge on any atom is -0.447 e. The Morgan fingerprint density at radius 1 is 0.705 bits per heavy atom. The highest BCUT2D eigenvalue weighted by Crippen LogP contribution is 2.04. The number of ether oxygens (including phenoxy) is 6. The molecular weight excluding hydrogens is 586 g/mol. The molecule has 0 spiro atoms. The Hall–Kier alpha value is -3.80. The van der Waals surface area contributed by atoms with E-state index in [1.54, 1.807) is 7.11 Å². The van der Waals surface area contributed by atoms with Crippen LogP contribution in [0.15, 0.2) is 12.2 Å². The van der Waals surface area contributed by atoms with E-state index in [1.165, 1.54) is 7.11 Å². The third-order valence-electron chi connectivity index (χ3n) is 5.79. The molecule has 0 bridgehead atoms. The van der Waals surface area contributed by atoms with Crippen LogP contribution in [0, 0.1) is 0 Å². The fourth-order valence-corrected chi connectivity index (χ4v) is 3.51. The number of imide groups is 1. The SMILES string of the molecule is COCCOCCOC(=O)NCCCCC(NC(=O)OCCOCCOC)C(=O)NCCNC(=O)CCN1C(=O)C=CC1=O. The highest BCUT2D eigenvalue weighted by atomic mass is 16.6. The Morgan fingerprint density at radius 2 is 1.27 bits per heavy atom. The lowest BCUT2D eigenvalue weighted by molar-refractivity contribution is -0.137. The predicted octanol–water partition coefficient (Wildman–Crippen LogP) is -1.15. The molecule has 1 unspecified atom stereocenters. The summed E-state index contributed by atoms with van der Waals surface area (Å²) in [6.07, 6.45) is 2.02. The third-order valence-corrected chi connectivity index (χ3v) is 5.79. The number of amides is 6. The maximum Gasteiger partial charge on any atom is 0.407 e. The molecule has 0 saturated carbocycles. The molecular formula is C27H45N5O12. The van der Waals surface area contributed by atoms with Gasteiger partial charge in [-0.25, -0.2) is 9.59 Å². The summed E-state index contributed by atoms with van der Waals surface area (Å²) in [6.45, 7) is 2.46. The van der Waals surface area contributed by atoms with Gasteiger partial charge in [0.15, 0.2) is 0 Å². The highest BCUT2D eigenvalue weighted by Gasteiger charge is 2.24. The predicted molar refractivity (Wildman–Crippen MR) is 153 cm³/mol. The smallest absolute Gasteiger partial charge is 0.407 e. The average molecular weight is 632 g/mol. The van der Waals surface area contributed by atoms with E-state index in [4.69, 9.17) is 28.4 Å². The van der Waals surface area contributed by atoms with Gasteiger partial charge in [-0.1, -0.05) is 0 Å². The van der Waals surface area contributed by atoms with Crippen LogP contribution in [0.1, 0.15) is 25.7 Å². The Bertz CT molecular complexity index is 915. The molecule has 250 valence electrons. The first-order valence-electron chi connectivity index (χ1n) is 14.3. The van der Waals surface area contributed by atoms with Crippen LogP contribution >= 0.6 is 0 Å². The van der Waals surface area contributed by atoms with Gasteiger partial charge in [-0.05, 0) is 19.3 Å². The standard InChI is InChI=1S/C27H45N5O12/c1-39-13-15-41-17-19-43-26(37)30-9-4-3-5-21(31-27(38)44-20-18-42-16-14-40-2)25(36)29-11-10-28-22(33)8-12-32-23(34)6-7-24(32)35/h6-7,21H,3-5,8-20H2,1-2H3,(H,28,33)(H,29,36)(H,30,37)(H,31,38). The normalized spacial score (nSPS) is 13.0. The van der Waals surface area contributed by atoms with Gasteiger partial charge in [0.25, 0.3) is 11.8 Å². The van der Waals surface area contributed by atoms with Crippen molar-refractivity contribution in [2.24, 2.45) is 0 Å². The molecule has 1 aliphatic heterocycles. The van der Waals surface area contributed by atoms with E-state index in [2.05, 4.69) is 21.3 Å². The second-order valence-corrected chi connectivity index (χ2v) is 9.15. The van der Waals surface area contributed by atoms with E-state index < -0.39 is 41.9 Å². The second kappa shape index (κ2) is 24.6.